The largest absolute Gasteiger partial charge is 0.341 e. The third-order valence-corrected chi connectivity index (χ3v) is 4.79. The Balaban J connectivity index is 1.80. The molecule has 1 saturated carbocycles. The molecule has 1 aliphatic carbocycles. The fourth-order valence-corrected chi connectivity index (χ4v) is 3.32. The molecule has 4 nitrogen and oxygen atoms in total. The van der Waals surface area contributed by atoms with E-state index in [0.717, 1.165) is 30.4 Å². The number of nitrogens with zero attached hydrogens (tertiary/aromatic N) is 3. The number of halogens is 1. The summed E-state index contributed by atoms with van der Waals surface area (Å²) in [5, 5.41) is 4.86. The van der Waals surface area contributed by atoms with E-state index in [0.29, 0.717) is 11.6 Å². The molecule has 3 rings (SSSR count). The molecule has 1 aromatic carbocycles. The SMILES string of the molecule is CN(Cc1cnn(C)c1)C(=O)C1(c2ccc(Cl)cc2)CCC1. The number of aromatic nitrogens is 2. The minimum Gasteiger partial charge on any atom is -0.341 e. The van der Waals surface area contributed by atoms with Crippen LogP contribution < -0.4 is 0 Å². The molecule has 2 aromatic rings. The van der Waals surface area contributed by atoms with Gasteiger partial charge in [0.1, 0.15) is 0 Å². The van der Waals surface area contributed by atoms with Crippen LogP contribution in [0, 0.1) is 0 Å². The molecule has 0 bridgehead atoms. The first-order valence-corrected chi connectivity index (χ1v) is 7.88. The Morgan fingerprint density at radius 1 is 1.36 bits per heavy atom. The van der Waals surface area contributed by atoms with E-state index >= 15 is 0 Å². The molecule has 22 heavy (non-hydrogen) atoms. The average Bonchev–Trinajstić information content (AvgIpc) is 2.84. The molecule has 0 atom stereocenters. The van der Waals surface area contributed by atoms with Gasteiger partial charge in [-0.05, 0) is 30.5 Å². The lowest BCUT2D eigenvalue weighted by Gasteiger charge is -2.43. The van der Waals surface area contributed by atoms with Gasteiger partial charge >= 0.3 is 0 Å². The molecule has 116 valence electrons. The highest BCUT2D eigenvalue weighted by molar-refractivity contribution is 6.30. The van der Waals surface area contributed by atoms with Crippen LogP contribution in [0.1, 0.15) is 30.4 Å². The van der Waals surface area contributed by atoms with Crippen molar-refractivity contribution in [1.29, 1.82) is 0 Å². The first-order chi connectivity index (χ1) is 10.5. The highest BCUT2D eigenvalue weighted by atomic mass is 35.5. The molecular weight excluding hydrogens is 298 g/mol. The Hall–Kier alpha value is -1.81. The highest BCUT2D eigenvalue weighted by Gasteiger charge is 2.46. The molecule has 1 fully saturated rings. The second-order valence-electron chi connectivity index (χ2n) is 6.13. The predicted octanol–water partition coefficient (Wildman–Crippen LogP) is 3.15. The molecule has 5 heteroatoms. The Bertz CT molecular complexity index is 673. The monoisotopic (exact) mass is 317 g/mol. The van der Waals surface area contributed by atoms with Crippen LogP contribution in [0.2, 0.25) is 5.02 Å². The topological polar surface area (TPSA) is 38.1 Å². The lowest BCUT2D eigenvalue weighted by atomic mass is 9.63. The van der Waals surface area contributed by atoms with Gasteiger partial charge in [0.2, 0.25) is 5.91 Å². The zero-order chi connectivity index (χ0) is 15.7. The van der Waals surface area contributed by atoms with Gasteiger partial charge in [0.25, 0.3) is 0 Å². The van der Waals surface area contributed by atoms with E-state index in [4.69, 9.17) is 11.6 Å². The summed E-state index contributed by atoms with van der Waals surface area (Å²) < 4.78 is 1.76. The quantitative estimate of drug-likeness (QED) is 0.869. The minimum atomic E-state index is -0.373. The van der Waals surface area contributed by atoms with E-state index < -0.39 is 0 Å². The van der Waals surface area contributed by atoms with Crippen LogP contribution in [0.25, 0.3) is 0 Å². The summed E-state index contributed by atoms with van der Waals surface area (Å²) in [5.41, 5.74) is 1.75. The van der Waals surface area contributed by atoms with Crippen LogP contribution in [0.5, 0.6) is 0 Å². The van der Waals surface area contributed by atoms with Gasteiger partial charge in [-0.1, -0.05) is 30.2 Å². The summed E-state index contributed by atoms with van der Waals surface area (Å²) in [5.74, 6) is 0.185. The molecule has 1 aromatic heterocycles. The third-order valence-electron chi connectivity index (χ3n) is 4.54. The fourth-order valence-electron chi connectivity index (χ4n) is 3.19. The molecule has 0 radical (unpaired) electrons. The van der Waals surface area contributed by atoms with Gasteiger partial charge < -0.3 is 4.90 Å². The molecule has 0 unspecified atom stereocenters. The number of amides is 1. The van der Waals surface area contributed by atoms with Gasteiger partial charge in [-0.3, -0.25) is 9.48 Å². The summed E-state index contributed by atoms with van der Waals surface area (Å²) >= 11 is 5.97. The van der Waals surface area contributed by atoms with Crippen LogP contribution in [0.15, 0.2) is 36.7 Å². The smallest absolute Gasteiger partial charge is 0.233 e. The molecule has 0 spiro atoms. The number of benzene rings is 1. The maximum absolute atomic E-state index is 13.0. The standard InChI is InChI=1S/C17H20ClN3O/c1-20(11-13-10-19-21(2)12-13)16(22)17(8-3-9-17)14-4-6-15(18)7-5-14/h4-7,10,12H,3,8-9,11H2,1-2H3. The van der Waals surface area contributed by atoms with Crippen LogP contribution >= 0.6 is 11.6 Å². The Morgan fingerprint density at radius 2 is 2.05 bits per heavy atom. The van der Waals surface area contributed by atoms with Gasteiger partial charge in [0, 0.05) is 37.4 Å². The van der Waals surface area contributed by atoms with Crippen molar-refractivity contribution in [2.45, 2.75) is 31.2 Å². The van der Waals surface area contributed by atoms with E-state index in [-0.39, 0.29) is 11.3 Å². The van der Waals surface area contributed by atoms with Gasteiger partial charge in [-0.25, -0.2) is 0 Å². The van der Waals surface area contributed by atoms with Crippen LogP contribution in [0.4, 0.5) is 0 Å². The van der Waals surface area contributed by atoms with Crippen LogP contribution in [-0.2, 0) is 23.8 Å². The van der Waals surface area contributed by atoms with Crippen molar-refractivity contribution in [3.8, 4) is 0 Å². The summed E-state index contributed by atoms with van der Waals surface area (Å²) in [6, 6.07) is 7.70. The Labute approximate surface area is 135 Å². The van der Waals surface area contributed by atoms with Crippen molar-refractivity contribution in [3.05, 3.63) is 52.8 Å². The number of rotatable bonds is 4. The van der Waals surface area contributed by atoms with E-state index in [1.54, 1.807) is 10.9 Å². The Morgan fingerprint density at radius 3 is 2.55 bits per heavy atom. The Kier molecular flexibility index (Phi) is 3.96. The lowest BCUT2D eigenvalue weighted by Crippen LogP contribution is -2.49. The summed E-state index contributed by atoms with van der Waals surface area (Å²) in [4.78, 5) is 14.8. The third kappa shape index (κ3) is 2.63. The van der Waals surface area contributed by atoms with E-state index in [1.807, 2.05) is 49.5 Å². The summed E-state index contributed by atoms with van der Waals surface area (Å²) in [6.07, 6.45) is 6.66. The zero-order valence-electron chi connectivity index (χ0n) is 12.9. The average molecular weight is 318 g/mol. The van der Waals surface area contributed by atoms with Crippen molar-refractivity contribution in [2.24, 2.45) is 7.05 Å². The van der Waals surface area contributed by atoms with Crippen molar-refractivity contribution < 1.29 is 4.79 Å². The maximum atomic E-state index is 13.0. The molecular formula is C17H20ClN3O. The van der Waals surface area contributed by atoms with Gasteiger partial charge in [0.05, 0.1) is 11.6 Å². The van der Waals surface area contributed by atoms with Crippen LogP contribution in [0.3, 0.4) is 0 Å². The first-order valence-electron chi connectivity index (χ1n) is 7.50. The second kappa shape index (κ2) is 5.76. The van der Waals surface area contributed by atoms with E-state index in [9.17, 15) is 4.79 Å². The van der Waals surface area contributed by atoms with Crippen LogP contribution in [-0.4, -0.2) is 27.6 Å². The number of carbonyl (C=O) groups excluding carboxylic acids is 1. The van der Waals surface area contributed by atoms with Gasteiger partial charge in [-0.15, -0.1) is 0 Å². The minimum absolute atomic E-state index is 0.185. The zero-order valence-corrected chi connectivity index (χ0v) is 13.7. The summed E-state index contributed by atoms with van der Waals surface area (Å²) in [6.45, 7) is 0.585. The molecule has 0 N–H and O–H groups in total. The van der Waals surface area contributed by atoms with Crippen molar-refractivity contribution in [1.82, 2.24) is 14.7 Å². The van der Waals surface area contributed by atoms with Crippen molar-refractivity contribution >= 4 is 17.5 Å². The normalized spacial score (nSPS) is 16.1. The molecule has 1 heterocycles. The number of hydrogen-bond acceptors (Lipinski definition) is 2. The second-order valence-corrected chi connectivity index (χ2v) is 6.56. The maximum Gasteiger partial charge on any atom is 0.233 e. The van der Waals surface area contributed by atoms with Crippen molar-refractivity contribution in [3.63, 3.8) is 0 Å². The van der Waals surface area contributed by atoms with E-state index in [2.05, 4.69) is 5.10 Å². The predicted molar refractivity (Wildman–Crippen MR) is 86.7 cm³/mol. The highest BCUT2D eigenvalue weighted by Crippen LogP contribution is 2.45. The molecule has 1 amide bonds. The summed E-state index contributed by atoms with van der Waals surface area (Å²) in [7, 11) is 3.75. The van der Waals surface area contributed by atoms with E-state index in [1.165, 1.54) is 0 Å². The van der Waals surface area contributed by atoms with Gasteiger partial charge in [0.15, 0.2) is 0 Å². The fraction of sp³-hybridized carbons (Fsp3) is 0.412. The van der Waals surface area contributed by atoms with Crippen molar-refractivity contribution in [2.75, 3.05) is 7.05 Å². The lowest BCUT2D eigenvalue weighted by molar-refractivity contribution is -0.140. The first kappa shape index (κ1) is 15.1. The number of hydrogen-bond donors (Lipinski definition) is 0. The van der Waals surface area contributed by atoms with Gasteiger partial charge in [-0.2, -0.15) is 5.10 Å². The number of likely N-dealkylation sites (N-methyl/N-ethyl adjacent to an activating group) is 1. The molecule has 0 saturated heterocycles. The number of carbonyl (C=O) groups is 1. The molecule has 1 aliphatic rings. The number of aryl methyl sites for hydroxylation is 1. The molecule has 0 aliphatic heterocycles.